The van der Waals surface area contributed by atoms with E-state index in [0.717, 1.165) is 27.6 Å². The van der Waals surface area contributed by atoms with Crippen LogP contribution in [-0.2, 0) is 11.3 Å². The van der Waals surface area contributed by atoms with Crippen molar-refractivity contribution in [3.8, 4) is 0 Å². The topological polar surface area (TPSA) is 39.4 Å². The Labute approximate surface area is 129 Å². The quantitative estimate of drug-likeness (QED) is 0.656. The van der Waals surface area contributed by atoms with Crippen molar-refractivity contribution < 1.29 is 13.9 Å². The van der Waals surface area contributed by atoms with Gasteiger partial charge in [0.05, 0.1) is 0 Å². The van der Waals surface area contributed by atoms with E-state index in [1.165, 1.54) is 0 Å². The average molecular weight is 294 g/mol. The van der Waals surface area contributed by atoms with E-state index < -0.39 is 5.97 Å². The molecule has 2 aromatic carbocycles. The molecule has 112 valence electrons. The van der Waals surface area contributed by atoms with E-state index in [1.807, 2.05) is 63.2 Å². The number of benzene rings is 2. The minimum atomic E-state index is -0.422. The highest BCUT2D eigenvalue weighted by Gasteiger charge is 2.19. The molecule has 0 amide bonds. The number of carbonyl (C=O) groups is 1. The van der Waals surface area contributed by atoms with Crippen LogP contribution in [0.25, 0.3) is 11.0 Å². The minimum Gasteiger partial charge on any atom is -0.455 e. The normalized spacial score (nSPS) is 10.9. The van der Waals surface area contributed by atoms with E-state index >= 15 is 0 Å². The van der Waals surface area contributed by atoms with Crippen molar-refractivity contribution in [3.63, 3.8) is 0 Å². The largest absolute Gasteiger partial charge is 0.455 e. The summed E-state index contributed by atoms with van der Waals surface area (Å²) in [5.74, 6) is -0.138. The van der Waals surface area contributed by atoms with Crippen LogP contribution < -0.4 is 0 Å². The molecule has 3 heteroatoms. The fourth-order valence-corrected chi connectivity index (χ4v) is 2.53. The molecule has 0 aliphatic rings. The highest BCUT2D eigenvalue weighted by Crippen LogP contribution is 2.25. The standard InChI is InChI=1S/C19H18O3/c1-12-8-9-13(2)15(10-12)11-21-19(20)18-14(3)16-6-4-5-7-17(16)22-18/h4-10H,11H2,1-3H3. The summed E-state index contributed by atoms with van der Waals surface area (Å²) in [6.45, 7) is 6.16. The summed E-state index contributed by atoms with van der Waals surface area (Å²) in [7, 11) is 0. The predicted octanol–water partition coefficient (Wildman–Crippen LogP) is 4.72. The van der Waals surface area contributed by atoms with Gasteiger partial charge in [0, 0.05) is 10.9 Å². The molecule has 0 atom stereocenters. The van der Waals surface area contributed by atoms with Crippen molar-refractivity contribution >= 4 is 16.9 Å². The fraction of sp³-hybridized carbons (Fsp3) is 0.211. The summed E-state index contributed by atoms with van der Waals surface area (Å²) in [4.78, 5) is 12.3. The monoisotopic (exact) mass is 294 g/mol. The van der Waals surface area contributed by atoms with Crippen molar-refractivity contribution in [2.24, 2.45) is 0 Å². The molecule has 0 bridgehead atoms. The van der Waals surface area contributed by atoms with E-state index in [-0.39, 0.29) is 12.4 Å². The van der Waals surface area contributed by atoms with Gasteiger partial charge in [-0.2, -0.15) is 0 Å². The average Bonchev–Trinajstić information content (AvgIpc) is 2.85. The number of hydrogen-bond acceptors (Lipinski definition) is 3. The number of para-hydroxylation sites is 1. The number of esters is 1. The molecule has 0 aliphatic carbocycles. The fourth-order valence-electron chi connectivity index (χ4n) is 2.53. The van der Waals surface area contributed by atoms with Gasteiger partial charge in [0.1, 0.15) is 12.2 Å². The zero-order valence-corrected chi connectivity index (χ0v) is 13.0. The van der Waals surface area contributed by atoms with Gasteiger partial charge in [0.25, 0.3) is 0 Å². The van der Waals surface area contributed by atoms with E-state index in [4.69, 9.17) is 9.15 Å². The second-order valence-electron chi connectivity index (χ2n) is 5.56. The van der Waals surface area contributed by atoms with E-state index in [1.54, 1.807) is 0 Å². The van der Waals surface area contributed by atoms with Crippen LogP contribution in [0.4, 0.5) is 0 Å². The zero-order valence-electron chi connectivity index (χ0n) is 13.0. The number of aryl methyl sites for hydroxylation is 3. The van der Waals surface area contributed by atoms with Crippen LogP contribution in [0.1, 0.15) is 32.8 Å². The van der Waals surface area contributed by atoms with Crippen LogP contribution in [0.2, 0.25) is 0 Å². The zero-order chi connectivity index (χ0) is 15.7. The van der Waals surface area contributed by atoms with Gasteiger partial charge in [-0.3, -0.25) is 0 Å². The number of carbonyl (C=O) groups excluding carboxylic acids is 1. The molecule has 3 aromatic rings. The molecule has 0 saturated carbocycles. The minimum absolute atomic E-state index is 0.253. The second kappa shape index (κ2) is 5.68. The van der Waals surface area contributed by atoms with Gasteiger partial charge in [0.15, 0.2) is 0 Å². The first kappa shape index (κ1) is 14.4. The number of fused-ring (bicyclic) bond motifs is 1. The molecular formula is C19H18O3. The number of hydrogen-bond donors (Lipinski definition) is 0. The van der Waals surface area contributed by atoms with E-state index in [9.17, 15) is 4.79 Å². The Kier molecular flexibility index (Phi) is 3.72. The van der Waals surface area contributed by atoms with Gasteiger partial charge in [-0.1, -0.05) is 42.0 Å². The summed E-state index contributed by atoms with van der Waals surface area (Å²) in [5.41, 5.74) is 4.80. The van der Waals surface area contributed by atoms with Crippen LogP contribution in [-0.4, -0.2) is 5.97 Å². The lowest BCUT2D eigenvalue weighted by Gasteiger charge is -2.08. The third-order valence-corrected chi connectivity index (χ3v) is 3.89. The summed E-state index contributed by atoms with van der Waals surface area (Å²) in [5, 5.41) is 0.946. The molecule has 1 aromatic heterocycles. The van der Waals surface area contributed by atoms with Crippen LogP contribution in [0.5, 0.6) is 0 Å². The summed E-state index contributed by atoms with van der Waals surface area (Å²) >= 11 is 0. The van der Waals surface area contributed by atoms with Gasteiger partial charge >= 0.3 is 5.97 Å². The Morgan fingerprint density at radius 3 is 2.64 bits per heavy atom. The SMILES string of the molecule is Cc1ccc(C)c(COC(=O)c2oc3ccccc3c2C)c1. The molecular weight excluding hydrogens is 276 g/mol. The molecule has 0 fully saturated rings. The van der Waals surface area contributed by atoms with Gasteiger partial charge in [0.2, 0.25) is 5.76 Å². The molecule has 0 radical (unpaired) electrons. The number of furan rings is 1. The van der Waals surface area contributed by atoms with Gasteiger partial charge in [-0.25, -0.2) is 4.79 Å². The third kappa shape index (κ3) is 2.62. The van der Waals surface area contributed by atoms with Crippen molar-refractivity contribution in [2.45, 2.75) is 27.4 Å². The molecule has 0 unspecified atom stereocenters. The van der Waals surface area contributed by atoms with Crippen LogP contribution in [0.15, 0.2) is 46.9 Å². The van der Waals surface area contributed by atoms with Crippen molar-refractivity contribution in [3.05, 3.63) is 70.5 Å². The maximum atomic E-state index is 12.3. The lowest BCUT2D eigenvalue weighted by molar-refractivity contribution is 0.0437. The van der Waals surface area contributed by atoms with Gasteiger partial charge < -0.3 is 9.15 Å². The summed E-state index contributed by atoms with van der Waals surface area (Å²) in [6, 6.07) is 13.7. The lowest BCUT2D eigenvalue weighted by Crippen LogP contribution is -2.06. The predicted molar refractivity (Wildman–Crippen MR) is 86.0 cm³/mol. The second-order valence-corrected chi connectivity index (χ2v) is 5.56. The van der Waals surface area contributed by atoms with Gasteiger partial charge in [-0.15, -0.1) is 0 Å². The molecule has 1 heterocycles. The maximum absolute atomic E-state index is 12.3. The summed E-state index contributed by atoms with van der Waals surface area (Å²) < 4.78 is 11.1. The molecule has 3 nitrogen and oxygen atoms in total. The highest BCUT2D eigenvalue weighted by atomic mass is 16.5. The highest BCUT2D eigenvalue weighted by molar-refractivity contribution is 5.95. The number of ether oxygens (including phenoxy) is 1. The maximum Gasteiger partial charge on any atom is 0.374 e. The Balaban J connectivity index is 1.82. The lowest BCUT2D eigenvalue weighted by atomic mass is 10.1. The van der Waals surface area contributed by atoms with Crippen molar-refractivity contribution in [1.29, 1.82) is 0 Å². The van der Waals surface area contributed by atoms with Crippen molar-refractivity contribution in [2.75, 3.05) is 0 Å². The molecule has 0 saturated heterocycles. The molecule has 0 aliphatic heterocycles. The first-order chi connectivity index (χ1) is 10.6. The Morgan fingerprint density at radius 1 is 1.09 bits per heavy atom. The van der Waals surface area contributed by atoms with Gasteiger partial charge in [-0.05, 0) is 38.0 Å². The summed E-state index contributed by atoms with van der Waals surface area (Å²) in [6.07, 6.45) is 0. The van der Waals surface area contributed by atoms with Crippen molar-refractivity contribution in [1.82, 2.24) is 0 Å². The third-order valence-electron chi connectivity index (χ3n) is 3.89. The first-order valence-corrected chi connectivity index (χ1v) is 7.27. The Bertz CT molecular complexity index is 843. The molecule has 22 heavy (non-hydrogen) atoms. The smallest absolute Gasteiger partial charge is 0.374 e. The van der Waals surface area contributed by atoms with E-state index in [2.05, 4.69) is 0 Å². The first-order valence-electron chi connectivity index (χ1n) is 7.27. The van der Waals surface area contributed by atoms with Crippen LogP contribution in [0, 0.1) is 20.8 Å². The van der Waals surface area contributed by atoms with Crippen LogP contribution >= 0.6 is 0 Å². The molecule has 3 rings (SSSR count). The Morgan fingerprint density at radius 2 is 1.86 bits per heavy atom. The van der Waals surface area contributed by atoms with Crippen LogP contribution in [0.3, 0.4) is 0 Å². The molecule has 0 N–H and O–H groups in total. The van der Waals surface area contributed by atoms with E-state index in [0.29, 0.717) is 5.58 Å². The number of rotatable bonds is 3. The Hall–Kier alpha value is -2.55. The molecule has 0 spiro atoms.